The van der Waals surface area contributed by atoms with E-state index in [2.05, 4.69) is 0 Å². The lowest BCUT2D eigenvalue weighted by Crippen LogP contribution is -2.49. The highest BCUT2D eigenvalue weighted by Crippen LogP contribution is 2.23. The maximum atomic E-state index is 12.7. The van der Waals surface area contributed by atoms with E-state index in [1.807, 2.05) is 6.92 Å². The summed E-state index contributed by atoms with van der Waals surface area (Å²) in [5, 5.41) is 0. The van der Waals surface area contributed by atoms with Crippen molar-refractivity contribution in [1.29, 1.82) is 0 Å². The molecule has 2 aliphatic heterocycles. The van der Waals surface area contributed by atoms with Crippen LogP contribution < -0.4 is 0 Å². The van der Waals surface area contributed by atoms with Gasteiger partial charge < -0.3 is 14.5 Å². The Bertz CT molecular complexity index is 659. The number of morpholine rings is 1. The fraction of sp³-hybridized carbons (Fsp3) is 0.533. The van der Waals surface area contributed by atoms with E-state index in [1.165, 1.54) is 4.31 Å². The average molecular weight is 339 g/mol. The van der Waals surface area contributed by atoms with Gasteiger partial charge >= 0.3 is 6.03 Å². The molecule has 2 heterocycles. The molecule has 3 rings (SSSR count). The second-order valence-electron chi connectivity index (χ2n) is 5.79. The van der Waals surface area contributed by atoms with Gasteiger partial charge in [0.15, 0.2) is 0 Å². The Balaban J connectivity index is 1.74. The topological polar surface area (TPSA) is 70.2 Å². The molecule has 7 nitrogen and oxygen atoms in total. The number of sulfonamides is 1. The highest BCUT2D eigenvalue weighted by molar-refractivity contribution is 7.89. The Labute approximate surface area is 136 Å². The van der Waals surface area contributed by atoms with Gasteiger partial charge in [0.25, 0.3) is 0 Å². The van der Waals surface area contributed by atoms with E-state index in [4.69, 9.17) is 4.74 Å². The van der Waals surface area contributed by atoms with Crippen LogP contribution in [0.4, 0.5) is 4.79 Å². The van der Waals surface area contributed by atoms with Crippen molar-refractivity contribution in [2.24, 2.45) is 0 Å². The molecule has 2 amide bonds. The molecule has 0 bridgehead atoms. The van der Waals surface area contributed by atoms with Crippen molar-refractivity contribution in [3.05, 3.63) is 30.3 Å². The molecule has 1 atom stereocenters. The van der Waals surface area contributed by atoms with Crippen molar-refractivity contribution in [3.63, 3.8) is 0 Å². The van der Waals surface area contributed by atoms with Crippen molar-refractivity contribution < 1.29 is 17.9 Å². The maximum Gasteiger partial charge on any atom is 0.321 e. The van der Waals surface area contributed by atoms with Gasteiger partial charge in [0, 0.05) is 25.7 Å². The molecule has 0 aromatic heterocycles. The molecular formula is C15H21N3O4S. The second-order valence-corrected chi connectivity index (χ2v) is 7.73. The highest BCUT2D eigenvalue weighted by atomic mass is 32.2. The lowest BCUT2D eigenvalue weighted by atomic mass is 10.3. The third-order valence-corrected chi connectivity index (χ3v) is 6.03. The predicted octanol–water partition coefficient (Wildman–Crippen LogP) is 0.791. The van der Waals surface area contributed by atoms with Crippen LogP contribution in [0.25, 0.3) is 0 Å². The monoisotopic (exact) mass is 339 g/mol. The lowest BCUT2D eigenvalue weighted by molar-refractivity contribution is 0.0424. The minimum Gasteiger partial charge on any atom is -0.378 e. The van der Waals surface area contributed by atoms with Crippen LogP contribution in [-0.4, -0.2) is 74.1 Å². The molecule has 1 aromatic rings. The Hall–Kier alpha value is -1.64. The summed E-state index contributed by atoms with van der Waals surface area (Å²) in [4.78, 5) is 16.2. The quantitative estimate of drug-likeness (QED) is 0.799. The summed E-state index contributed by atoms with van der Waals surface area (Å²) in [6, 6.07) is 8.06. The lowest BCUT2D eigenvalue weighted by Gasteiger charge is -2.32. The number of amides is 2. The van der Waals surface area contributed by atoms with Crippen molar-refractivity contribution in [3.8, 4) is 0 Å². The minimum atomic E-state index is -3.57. The minimum absolute atomic E-state index is 0.0918. The molecule has 0 aliphatic carbocycles. The zero-order valence-corrected chi connectivity index (χ0v) is 13.9. The van der Waals surface area contributed by atoms with E-state index in [9.17, 15) is 13.2 Å². The van der Waals surface area contributed by atoms with Crippen LogP contribution >= 0.6 is 0 Å². The summed E-state index contributed by atoms with van der Waals surface area (Å²) < 4.78 is 32.0. The Morgan fingerprint density at radius 3 is 2.48 bits per heavy atom. The van der Waals surface area contributed by atoms with Gasteiger partial charge in [0.05, 0.1) is 24.8 Å². The van der Waals surface area contributed by atoms with Crippen molar-refractivity contribution in [2.75, 3.05) is 39.5 Å². The van der Waals surface area contributed by atoms with Crippen LogP contribution in [0.3, 0.4) is 0 Å². The number of carbonyl (C=O) groups is 1. The molecule has 2 aliphatic rings. The summed E-state index contributed by atoms with van der Waals surface area (Å²) in [7, 11) is -3.57. The summed E-state index contributed by atoms with van der Waals surface area (Å²) >= 11 is 0. The molecule has 2 saturated heterocycles. The molecule has 0 spiro atoms. The van der Waals surface area contributed by atoms with Gasteiger partial charge in [0.2, 0.25) is 10.0 Å². The SMILES string of the molecule is C[C@@H]1CN(S(=O)(=O)c2ccccc2)CN1C(=O)N1CCOCC1. The number of benzene rings is 1. The molecule has 0 saturated carbocycles. The average Bonchev–Trinajstić information content (AvgIpc) is 2.98. The zero-order chi connectivity index (χ0) is 16.4. The van der Waals surface area contributed by atoms with Crippen LogP contribution in [-0.2, 0) is 14.8 Å². The Morgan fingerprint density at radius 1 is 1.17 bits per heavy atom. The van der Waals surface area contributed by atoms with Gasteiger partial charge in [-0.3, -0.25) is 0 Å². The number of hydrogen-bond donors (Lipinski definition) is 0. The molecule has 0 N–H and O–H groups in total. The van der Waals surface area contributed by atoms with Crippen molar-refractivity contribution in [1.82, 2.24) is 14.1 Å². The Morgan fingerprint density at radius 2 is 1.83 bits per heavy atom. The van der Waals surface area contributed by atoms with Crippen LogP contribution in [0, 0.1) is 0 Å². The fourth-order valence-electron chi connectivity index (χ4n) is 2.86. The van der Waals surface area contributed by atoms with Crippen LogP contribution in [0.5, 0.6) is 0 Å². The van der Waals surface area contributed by atoms with E-state index >= 15 is 0 Å². The summed E-state index contributed by atoms with van der Waals surface area (Å²) in [6.45, 7) is 4.43. The van der Waals surface area contributed by atoms with E-state index in [0.29, 0.717) is 32.8 Å². The summed E-state index contributed by atoms with van der Waals surface area (Å²) in [5.41, 5.74) is 0. The number of hydrogen-bond acceptors (Lipinski definition) is 4. The fourth-order valence-corrected chi connectivity index (χ4v) is 4.35. The first-order valence-electron chi connectivity index (χ1n) is 7.68. The van der Waals surface area contributed by atoms with E-state index in [-0.39, 0.29) is 23.6 Å². The van der Waals surface area contributed by atoms with E-state index in [1.54, 1.807) is 40.1 Å². The van der Waals surface area contributed by atoms with Crippen LogP contribution in [0.15, 0.2) is 35.2 Å². The van der Waals surface area contributed by atoms with Gasteiger partial charge in [-0.05, 0) is 19.1 Å². The molecule has 23 heavy (non-hydrogen) atoms. The molecule has 8 heteroatoms. The molecule has 2 fully saturated rings. The molecule has 0 unspecified atom stereocenters. The number of rotatable bonds is 2. The van der Waals surface area contributed by atoms with Gasteiger partial charge in [-0.25, -0.2) is 13.2 Å². The highest BCUT2D eigenvalue weighted by Gasteiger charge is 2.39. The first-order valence-corrected chi connectivity index (χ1v) is 9.12. The van der Waals surface area contributed by atoms with Gasteiger partial charge in [0.1, 0.15) is 0 Å². The zero-order valence-electron chi connectivity index (χ0n) is 13.1. The predicted molar refractivity (Wildman–Crippen MR) is 84.3 cm³/mol. The van der Waals surface area contributed by atoms with Gasteiger partial charge in [-0.2, -0.15) is 4.31 Å². The second kappa shape index (κ2) is 6.46. The molecule has 126 valence electrons. The third-order valence-electron chi connectivity index (χ3n) is 4.22. The molecule has 1 aromatic carbocycles. The summed E-state index contributed by atoms with van der Waals surface area (Å²) in [6.07, 6.45) is 0. The van der Waals surface area contributed by atoms with Crippen molar-refractivity contribution in [2.45, 2.75) is 17.9 Å². The maximum absolute atomic E-state index is 12.7. The number of nitrogens with zero attached hydrogens (tertiary/aromatic N) is 3. The first kappa shape index (κ1) is 16.2. The third kappa shape index (κ3) is 3.19. The number of ether oxygens (including phenoxy) is 1. The van der Waals surface area contributed by atoms with Crippen LogP contribution in [0.1, 0.15) is 6.92 Å². The largest absolute Gasteiger partial charge is 0.378 e. The Kier molecular flexibility index (Phi) is 4.56. The number of urea groups is 1. The molecule has 0 radical (unpaired) electrons. The van der Waals surface area contributed by atoms with Crippen molar-refractivity contribution >= 4 is 16.1 Å². The van der Waals surface area contributed by atoms with E-state index in [0.717, 1.165) is 0 Å². The normalized spacial score (nSPS) is 23.3. The summed E-state index contributed by atoms with van der Waals surface area (Å²) in [5.74, 6) is 0. The standard InChI is InChI=1S/C15H21N3O4S/c1-13-11-17(23(20,21)14-5-3-2-4-6-14)12-18(13)15(19)16-7-9-22-10-8-16/h2-6,13H,7-12H2,1H3/t13-/m1/s1. The van der Waals surface area contributed by atoms with Crippen LogP contribution in [0.2, 0.25) is 0 Å². The molecular weight excluding hydrogens is 318 g/mol. The van der Waals surface area contributed by atoms with E-state index < -0.39 is 10.0 Å². The van der Waals surface area contributed by atoms with Gasteiger partial charge in [-0.15, -0.1) is 0 Å². The smallest absolute Gasteiger partial charge is 0.321 e. The number of carbonyl (C=O) groups excluding carboxylic acids is 1. The first-order chi connectivity index (χ1) is 11.0. The van der Waals surface area contributed by atoms with Gasteiger partial charge in [-0.1, -0.05) is 18.2 Å².